The van der Waals surface area contributed by atoms with Crippen LogP contribution in [0.4, 0.5) is 0 Å². The van der Waals surface area contributed by atoms with Gasteiger partial charge in [0.25, 0.3) is 0 Å². The number of ether oxygens (including phenoxy) is 1. The van der Waals surface area contributed by atoms with E-state index in [1.807, 2.05) is 6.92 Å². The molecule has 1 heterocycles. The summed E-state index contributed by atoms with van der Waals surface area (Å²) in [6, 6.07) is 0. The molecular weight excluding hydrogens is 480 g/mol. The van der Waals surface area contributed by atoms with Gasteiger partial charge in [-0.05, 0) is 85.9 Å². The van der Waals surface area contributed by atoms with E-state index < -0.39 is 32.1 Å². The summed E-state index contributed by atoms with van der Waals surface area (Å²) in [5, 5.41) is 12.6. The van der Waals surface area contributed by atoms with Gasteiger partial charge in [-0.15, -0.1) is 0 Å². The number of ketones is 1. The van der Waals surface area contributed by atoms with Crippen molar-refractivity contribution in [2.24, 2.45) is 40.9 Å². The minimum Gasteiger partial charge on any atom is -0.460 e. The van der Waals surface area contributed by atoms with Crippen LogP contribution < -0.4 is 0 Å². The summed E-state index contributed by atoms with van der Waals surface area (Å²) in [4.78, 5) is 26.7. The number of hydrogen-bond acceptors (Lipinski definition) is 5. The molecule has 0 aromatic heterocycles. The first-order chi connectivity index (χ1) is 16.8. The third-order valence-electron chi connectivity index (χ3n) is 11.2. The Balaban J connectivity index is 1.81. The fourth-order valence-electron chi connectivity index (χ4n) is 7.95. The zero-order valence-corrected chi connectivity index (χ0v) is 25.8. The highest BCUT2D eigenvalue weighted by molar-refractivity contribution is 6.74. The molecule has 1 N–H and O–H groups in total. The summed E-state index contributed by atoms with van der Waals surface area (Å²) in [6.07, 6.45) is 3.67. The molecule has 0 bridgehead atoms. The van der Waals surface area contributed by atoms with Crippen LogP contribution in [0.15, 0.2) is 23.8 Å². The first kappa shape index (κ1) is 28.8. The average molecular weight is 531 g/mol. The highest BCUT2D eigenvalue weighted by Gasteiger charge is 2.63. The molecule has 3 aliphatic carbocycles. The molecule has 6 heteroatoms. The fourth-order valence-corrected chi connectivity index (χ4v) is 9.17. The normalized spacial score (nSPS) is 44.3. The second-order valence-electron chi connectivity index (χ2n) is 14.9. The van der Waals surface area contributed by atoms with Crippen LogP contribution >= 0.6 is 0 Å². The van der Waals surface area contributed by atoms with Gasteiger partial charge in [0, 0.05) is 18.3 Å². The SMILES string of the molecule is C=C1C2CC3C(C(C)C)C(=O)CC3(C)CC2/C(C)=C\CC2C(C)OC(=O)C(O[Si](C)(C)C(C)(C)C)C12O. The zero-order chi connectivity index (χ0) is 27.9. The summed E-state index contributed by atoms with van der Waals surface area (Å²) in [6.45, 7) is 25.9. The zero-order valence-electron chi connectivity index (χ0n) is 24.8. The van der Waals surface area contributed by atoms with Crippen LogP contribution in [-0.4, -0.2) is 43.0 Å². The first-order valence-corrected chi connectivity index (χ1v) is 17.2. The second kappa shape index (κ2) is 9.16. The van der Waals surface area contributed by atoms with Crippen molar-refractivity contribution >= 4 is 20.1 Å². The molecule has 4 aliphatic rings. The van der Waals surface area contributed by atoms with Crippen molar-refractivity contribution in [2.75, 3.05) is 0 Å². The van der Waals surface area contributed by atoms with E-state index >= 15 is 0 Å². The summed E-state index contributed by atoms with van der Waals surface area (Å²) in [5.41, 5.74) is 0.457. The van der Waals surface area contributed by atoms with Crippen LogP contribution in [0.5, 0.6) is 0 Å². The van der Waals surface area contributed by atoms with Gasteiger partial charge in [-0.2, -0.15) is 0 Å². The van der Waals surface area contributed by atoms with Crippen LogP contribution in [0.1, 0.15) is 81.1 Å². The number of fused-ring (bicyclic) bond motifs is 3. The lowest BCUT2D eigenvalue weighted by Gasteiger charge is -2.56. The fraction of sp³-hybridized carbons (Fsp3) is 0.806. The van der Waals surface area contributed by atoms with Crippen molar-refractivity contribution in [2.45, 2.75) is 117 Å². The van der Waals surface area contributed by atoms with E-state index in [4.69, 9.17) is 9.16 Å². The average Bonchev–Trinajstić information content (AvgIpc) is 3.02. The molecule has 0 aromatic carbocycles. The molecule has 5 nitrogen and oxygen atoms in total. The van der Waals surface area contributed by atoms with E-state index in [9.17, 15) is 14.7 Å². The molecule has 9 atom stereocenters. The predicted octanol–water partition coefficient (Wildman–Crippen LogP) is 6.47. The first-order valence-electron chi connectivity index (χ1n) is 14.3. The van der Waals surface area contributed by atoms with Crippen molar-refractivity contribution in [3.63, 3.8) is 0 Å². The minimum absolute atomic E-state index is 0.0158. The Morgan fingerprint density at radius 2 is 1.81 bits per heavy atom. The number of hydrogen-bond donors (Lipinski definition) is 1. The topological polar surface area (TPSA) is 72.8 Å². The van der Waals surface area contributed by atoms with Gasteiger partial charge >= 0.3 is 5.97 Å². The lowest BCUT2D eigenvalue weighted by atomic mass is 9.53. The Hall–Kier alpha value is -1.24. The van der Waals surface area contributed by atoms with E-state index in [1.165, 1.54) is 5.57 Å². The maximum atomic E-state index is 13.5. The van der Waals surface area contributed by atoms with Crippen LogP contribution in [0, 0.1) is 40.9 Å². The van der Waals surface area contributed by atoms with E-state index in [0.717, 1.165) is 12.8 Å². The van der Waals surface area contributed by atoms with Crippen molar-refractivity contribution in [1.82, 2.24) is 0 Å². The highest BCUT2D eigenvalue weighted by Crippen LogP contribution is 2.62. The lowest BCUT2D eigenvalue weighted by molar-refractivity contribution is -0.206. The van der Waals surface area contributed by atoms with Gasteiger partial charge in [-0.25, -0.2) is 4.79 Å². The molecule has 9 unspecified atom stereocenters. The molecule has 208 valence electrons. The Morgan fingerprint density at radius 1 is 1.19 bits per heavy atom. The maximum absolute atomic E-state index is 13.5. The Bertz CT molecular complexity index is 1010. The van der Waals surface area contributed by atoms with Crippen molar-refractivity contribution < 1.29 is 23.9 Å². The van der Waals surface area contributed by atoms with Gasteiger partial charge in [0.2, 0.25) is 0 Å². The quantitative estimate of drug-likeness (QED) is 0.257. The van der Waals surface area contributed by atoms with Gasteiger partial charge in [0.15, 0.2) is 14.4 Å². The Kier molecular flexibility index (Phi) is 7.12. The molecule has 0 amide bonds. The largest absolute Gasteiger partial charge is 0.460 e. The Labute approximate surface area is 225 Å². The number of carbonyl (C=O) groups excluding carboxylic acids is 2. The summed E-state index contributed by atoms with van der Waals surface area (Å²) >= 11 is 0. The molecule has 0 radical (unpaired) electrons. The molecule has 1 aliphatic heterocycles. The number of cyclic esters (lactones) is 1. The van der Waals surface area contributed by atoms with E-state index in [0.29, 0.717) is 24.2 Å². The summed E-state index contributed by atoms with van der Waals surface area (Å²) < 4.78 is 12.6. The minimum atomic E-state index is -2.43. The molecule has 0 aromatic rings. The molecular formula is C31H50O5Si. The third-order valence-corrected chi connectivity index (χ3v) is 15.6. The van der Waals surface area contributed by atoms with Gasteiger partial charge in [-0.1, -0.05) is 59.8 Å². The van der Waals surface area contributed by atoms with E-state index in [2.05, 4.69) is 74.2 Å². The number of Topliss-reactive ketones (excluding diaryl/α,β-unsaturated/α-hetero) is 1. The monoisotopic (exact) mass is 530 g/mol. The maximum Gasteiger partial charge on any atom is 0.337 e. The van der Waals surface area contributed by atoms with Gasteiger partial charge in [-0.3, -0.25) is 4.79 Å². The van der Waals surface area contributed by atoms with Crippen molar-refractivity contribution in [3.05, 3.63) is 23.8 Å². The molecule has 2 saturated carbocycles. The van der Waals surface area contributed by atoms with Crippen molar-refractivity contribution in [1.29, 1.82) is 0 Å². The standard InChI is InChI=1S/C31H50O5Si/c1-17(2)26-24-14-21-19(4)31(34)23(13-12-18(3)22(21)15-30(24,9)16-25(26)32)20(5)35-28(33)27(31)36-37(10,11)29(6,7)8/h12,17,20-24,26-27,34H,4,13-16H2,1-3,5-11H3/b18-12-. The molecule has 4 rings (SSSR count). The van der Waals surface area contributed by atoms with Gasteiger partial charge in [0.1, 0.15) is 17.5 Å². The summed E-state index contributed by atoms with van der Waals surface area (Å²) in [5.74, 6) is 0.319. The molecule has 37 heavy (non-hydrogen) atoms. The molecule has 1 saturated heterocycles. The van der Waals surface area contributed by atoms with Crippen molar-refractivity contribution in [3.8, 4) is 0 Å². The van der Waals surface area contributed by atoms with E-state index in [1.54, 1.807) is 0 Å². The van der Waals surface area contributed by atoms with E-state index in [-0.39, 0.29) is 46.0 Å². The number of esters is 1. The number of allylic oxidation sites excluding steroid dienone is 2. The van der Waals surface area contributed by atoms with Crippen LogP contribution in [0.25, 0.3) is 0 Å². The van der Waals surface area contributed by atoms with Gasteiger partial charge in [0.05, 0.1) is 0 Å². The lowest BCUT2D eigenvalue weighted by Crippen LogP contribution is -2.67. The number of rotatable bonds is 3. The number of carbonyl (C=O) groups is 2. The second-order valence-corrected chi connectivity index (χ2v) is 19.6. The third kappa shape index (κ3) is 4.43. The smallest absolute Gasteiger partial charge is 0.337 e. The van der Waals surface area contributed by atoms with Crippen LogP contribution in [-0.2, 0) is 18.8 Å². The Morgan fingerprint density at radius 3 is 2.38 bits per heavy atom. The van der Waals surface area contributed by atoms with Crippen LogP contribution in [0.2, 0.25) is 18.1 Å². The highest BCUT2D eigenvalue weighted by atomic mass is 28.4. The molecule has 3 fully saturated rings. The van der Waals surface area contributed by atoms with Gasteiger partial charge < -0.3 is 14.3 Å². The van der Waals surface area contributed by atoms with Crippen LogP contribution in [0.3, 0.4) is 0 Å². The number of aliphatic hydroxyl groups is 1. The molecule has 0 spiro atoms. The predicted molar refractivity (Wildman–Crippen MR) is 149 cm³/mol. The summed E-state index contributed by atoms with van der Waals surface area (Å²) in [7, 11) is -2.43.